The van der Waals surface area contributed by atoms with Crippen LogP contribution >= 0.6 is 0 Å². The molecule has 1 aliphatic carbocycles. The van der Waals surface area contributed by atoms with E-state index in [1.807, 2.05) is 41.1 Å². The highest BCUT2D eigenvalue weighted by molar-refractivity contribution is 5.88. The topological polar surface area (TPSA) is 97.9 Å². The molecule has 2 heterocycles. The van der Waals surface area contributed by atoms with E-state index in [0.717, 1.165) is 18.4 Å². The number of hydrogen-bond acceptors (Lipinski definition) is 5. The molecule has 4 rings (SSSR count). The molecule has 0 radical (unpaired) electrons. The van der Waals surface area contributed by atoms with Gasteiger partial charge in [0.25, 0.3) is 5.89 Å². The van der Waals surface area contributed by atoms with E-state index in [1.54, 1.807) is 6.20 Å². The normalized spacial score (nSPS) is 14.8. The van der Waals surface area contributed by atoms with Crippen LogP contribution in [-0.2, 0) is 6.54 Å². The van der Waals surface area contributed by atoms with Gasteiger partial charge in [-0.15, -0.1) is 0 Å². The largest absolute Gasteiger partial charge is 0.334 e. The fourth-order valence-corrected chi connectivity index (χ4v) is 3.37. The van der Waals surface area contributed by atoms with Gasteiger partial charge in [0.05, 0.1) is 18.8 Å². The Morgan fingerprint density at radius 2 is 1.96 bits per heavy atom. The zero-order valence-corrected chi connectivity index (χ0v) is 15.0. The van der Waals surface area contributed by atoms with E-state index in [4.69, 9.17) is 4.52 Å². The van der Waals surface area contributed by atoms with Crippen LogP contribution in [0.3, 0.4) is 0 Å². The zero-order chi connectivity index (χ0) is 18.5. The van der Waals surface area contributed by atoms with E-state index >= 15 is 0 Å². The maximum absolute atomic E-state index is 12.2. The zero-order valence-electron chi connectivity index (χ0n) is 15.0. The highest BCUT2D eigenvalue weighted by Gasteiger charge is 2.19. The van der Waals surface area contributed by atoms with Gasteiger partial charge in [0, 0.05) is 11.6 Å². The number of amides is 2. The first-order valence-electron chi connectivity index (χ1n) is 9.26. The third kappa shape index (κ3) is 4.16. The quantitative estimate of drug-likeness (QED) is 0.716. The molecule has 1 aromatic carbocycles. The lowest BCUT2D eigenvalue weighted by Gasteiger charge is -2.23. The molecule has 0 atom stereocenters. The lowest BCUT2D eigenvalue weighted by atomic mass is 9.96. The molecular weight excluding hydrogens is 344 g/mol. The molecule has 0 saturated heterocycles. The Bertz CT molecular complexity index is 883. The summed E-state index contributed by atoms with van der Waals surface area (Å²) in [6, 6.07) is 11.4. The molecule has 0 unspecified atom stereocenters. The molecule has 8 nitrogen and oxygen atoms in total. The van der Waals surface area contributed by atoms with Crippen molar-refractivity contribution in [3.63, 3.8) is 0 Å². The van der Waals surface area contributed by atoms with Crippen molar-refractivity contribution < 1.29 is 9.32 Å². The average Bonchev–Trinajstić information content (AvgIpc) is 3.37. The minimum Gasteiger partial charge on any atom is -0.334 e. The number of hydrogen-bond donors (Lipinski definition) is 2. The first-order valence-corrected chi connectivity index (χ1v) is 9.26. The number of aromatic nitrogens is 4. The van der Waals surface area contributed by atoms with Crippen molar-refractivity contribution in [1.29, 1.82) is 0 Å². The molecule has 0 spiro atoms. The lowest BCUT2D eigenvalue weighted by molar-refractivity contribution is 0.251. The smallest absolute Gasteiger partial charge is 0.320 e. The van der Waals surface area contributed by atoms with Crippen LogP contribution in [0.25, 0.3) is 11.5 Å². The summed E-state index contributed by atoms with van der Waals surface area (Å²) in [5, 5.41) is 13.9. The second-order valence-corrected chi connectivity index (χ2v) is 6.64. The van der Waals surface area contributed by atoms with Crippen molar-refractivity contribution in [2.24, 2.45) is 0 Å². The Morgan fingerprint density at radius 1 is 1.15 bits per heavy atom. The summed E-state index contributed by atoms with van der Waals surface area (Å²) in [5.41, 5.74) is 0.845. The number of carbonyl (C=O) groups is 1. The first kappa shape index (κ1) is 17.3. The highest BCUT2D eigenvalue weighted by Crippen LogP contribution is 2.29. The number of benzene rings is 1. The summed E-state index contributed by atoms with van der Waals surface area (Å²) in [6.45, 7) is 0.180. The third-order valence-corrected chi connectivity index (χ3v) is 4.73. The van der Waals surface area contributed by atoms with Crippen LogP contribution < -0.4 is 10.6 Å². The van der Waals surface area contributed by atoms with Gasteiger partial charge in [-0.1, -0.05) is 42.6 Å². The second kappa shape index (κ2) is 8.03. The molecule has 2 N–H and O–H groups in total. The molecule has 8 heteroatoms. The maximum atomic E-state index is 12.2. The van der Waals surface area contributed by atoms with Crippen LogP contribution in [0.5, 0.6) is 0 Å². The Balaban J connectivity index is 1.33. The number of urea groups is 1. The summed E-state index contributed by atoms with van der Waals surface area (Å²) >= 11 is 0. The van der Waals surface area contributed by atoms with Gasteiger partial charge in [-0.25, -0.2) is 9.48 Å². The van der Waals surface area contributed by atoms with E-state index in [2.05, 4.69) is 25.9 Å². The molecule has 0 bridgehead atoms. The molecule has 1 aliphatic rings. The Hall–Kier alpha value is -3.16. The lowest BCUT2D eigenvalue weighted by Crippen LogP contribution is -2.30. The average molecular weight is 366 g/mol. The standard InChI is InChI=1S/C19H22N6O2/c26-19(23-17-11-12-21-25(17)15-9-5-2-6-10-15)20-13-16-22-18(27-24-16)14-7-3-1-4-8-14/h1,3-4,7-8,11-12,15H,2,5-6,9-10,13H2,(H2,20,23,26). The van der Waals surface area contributed by atoms with Crippen molar-refractivity contribution in [2.75, 3.05) is 5.32 Å². The molecule has 2 amide bonds. The van der Waals surface area contributed by atoms with E-state index in [0.29, 0.717) is 23.6 Å². The van der Waals surface area contributed by atoms with Crippen LogP contribution in [0.2, 0.25) is 0 Å². The van der Waals surface area contributed by atoms with Gasteiger partial charge >= 0.3 is 6.03 Å². The number of anilines is 1. The van der Waals surface area contributed by atoms with Crippen LogP contribution in [0.15, 0.2) is 47.1 Å². The third-order valence-electron chi connectivity index (χ3n) is 4.73. The van der Waals surface area contributed by atoms with Gasteiger partial charge in [0.2, 0.25) is 0 Å². The van der Waals surface area contributed by atoms with Crippen LogP contribution in [0.1, 0.15) is 44.0 Å². The van der Waals surface area contributed by atoms with Gasteiger partial charge < -0.3 is 9.84 Å². The molecule has 0 aliphatic heterocycles. The number of carbonyl (C=O) groups excluding carboxylic acids is 1. The first-order chi connectivity index (χ1) is 13.3. The summed E-state index contributed by atoms with van der Waals surface area (Å²) < 4.78 is 7.16. The minimum absolute atomic E-state index is 0.180. The SMILES string of the molecule is O=C(NCc1noc(-c2ccccc2)n1)Nc1ccnn1C1CCCCC1. The molecule has 1 fully saturated rings. The van der Waals surface area contributed by atoms with Gasteiger partial charge in [0.1, 0.15) is 5.82 Å². The van der Waals surface area contributed by atoms with Crippen molar-refractivity contribution in [2.45, 2.75) is 44.7 Å². The molecule has 2 aromatic heterocycles. The minimum atomic E-state index is -0.321. The monoisotopic (exact) mass is 366 g/mol. The van der Waals surface area contributed by atoms with Gasteiger partial charge in [-0.05, 0) is 25.0 Å². The molecule has 140 valence electrons. The Labute approximate surface area is 157 Å². The van der Waals surface area contributed by atoms with Crippen molar-refractivity contribution in [3.8, 4) is 11.5 Å². The highest BCUT2D eigenvalue weighted by atomic mass is 16.5. The predicted octanol–water partition coefficient (Wildman–Crippen LogP) is 3.76. The number of rotatable bonds is 5. The maximum Gasteiger partial charge on any atom is 0.320 e. The van der Waals surface area contributed by atoms with E-state index in [9.17, 15) is 4.79 Å². The summed E-state index contributed by atoms with van der Waals surface area (Å²) in [7, 11) is 0. The van der Waals surface area contributed by atoms with Crippen molar-refractivity contribution >= 4 is 11.8 Å². The van der Waals surface area contributed by atoms with Crippen molar-refractivity contribution in [1.82, 2.24) is 25.2 Å². The number of nitrogens with zero attached hydrogens (tertiary/aromatic N) is 4. The molecule has 3 aromatic rings. The van der Waals surface area contributed by atoms with Crippen LogP contribution in [0.4, 0.5) is 10.6 Å². The fraction of sp³-hybridized carbons (Fsp3) is 0.368. The van der Waals surface area contributed by atoms with E-state index in [-0.39, 0.29) is 12.6 Å². The second-order valence-electron chi connectivity index (χ2n) is 6.64. The predicted molar refractivity (Wildman–Crippen MR) is 99.9 cm³/mol. The number of nitrogens with one attached hydrogen (secondary N) is 2. The summed E-state index contributed by atoms with van der Waals surface area (Å²) in [4.78, 5) is 16.5. The molecular formula is C19H22N6O2. The van der Waals surface area contributed by atoms with Gasteiger partial charge in [0.15, 0.2) is 5.82 Å². The van der Waals surface area contributed by atoms with Crippen molar-refractivity contribution in [3.05, 3.63) is 48.4 Å². The molecule has 27 heavy (non-hydrogen) atoms. The van der Waals surface area contributed by atoms with Gasteiger partial charge in [-0.2, -0.15) is 10.1 Å². The fourth-order valence-electron chi connectivity index (χ4n) is 3.37. The van der Waals surface area contributed by atoms with Gasteiger partial charge in [-0.3, -0.25) is 5.32 Å². The summed E-state index contributed by atoms with van der Waals surface area (Å²) in [5.74, 6) is 1.56. The van der Waals surface area contributed by atoms with E-state index in [1.165, 1.54) is 19.3 Å². The Morgan fingerprint density at radius 3 is 2.78 bits per heavy atom. The van der Waals surface area contributed by atoms with E-state index < -0.39 is 0 Å². The summed E-state index contributed by atoms with van der Waals surface area (Å²) in [6.07, 6.45) is 7.61. The van der Waals surface area contributed by atoms with Crippen LogP contribution in [0, 0.1) is 0 Å². The molecule has 1 saturated carbocycles. The van der Waals surface area contributed by atoms with Crippen LogP contribution in [-0.4, -0.2) is 26.0 Å². The Kier molecular flexibility index (Phi) is 5.13.